The highest BCUT2D eigenvalue weighted by atomic mass is 16.2. The molecule has 1 heterocycles. The third kappa shape index (κ3) is 8.32. The number of nitrogens with one attached hydrogen (secondary N) is 1. The minimum Gasteiger partial charge on any atom is -0.332 e. The lowest BCUT2D eigenvalue weighted by atomic mass is 9.98. The van der Waals surface area contributed by atoms with Crippen LogP contribution in [0, 0.1) is 0 Å². The van der Waals surface area contributed by atoms with Crippen LogP contribution in [-0.2, 0) is 27.2 Å². The van der Waals surface area contributed by atoms with E-state index in [9.17, 15) is 14.4 Å². The molecule has 3 amide bonds. The lowest BCUT2D eigenvalue weighted by Crippen LogP contribution is -2.57. The Hall–Kier alpha value is -4.43. The molecular weight excluding hydrogens is 538 g/mol. The lowest BCUT2D eigenvalue weighted by Gasteiger charge is -2.35. The summed E-state index contributed by atoms with van der Waals surface area (Å²) in [6.45, 7) is 8.20. The van der Waals surface area contributed by atoms with Crippen molar-refractivity contribution < 1.29 is 14.4 Å². The summed E-state index contributed by atoms with van der Waals surface area (Å²) in [5.74, 6) is -0.842. The summed E-state index contributed by atoms with van der Waals surface area (Å²) < 4.78 is 0. The van der Waals surface area contributed by atoms with E-state index in [1.807, 2.05) is 86.6 Å². The van der Waals surface area contributed by atoms with Crippen LogP contribution in [0.3, 0.4) is 0 Å². The molecule has 1 saturated heterocycles. The van der Waals surface area contributed by atoms with Crippen molar-refractivity contribution in [2.75, 3.05) is 20.6 Å². The average Bonchev–Trinajstić information content (AvgIpc) is 3.43. The number of hydrazine groups is 1. The molecule has 0 aromatic heterocycles. The summed E-state index contributed by atoms with van der Waals surface area (Å²) in [4.78, 5) is 44.6. The molecule has 8 heteroatoms. The first kappa shape index (κ1) is 31.5. The zero-order chi connectivity index (χ0) is 31.1. The summed E-state index contributed by atoms with van der Waals surface area (Å²) in [6, 6.07) is 22.1. The van der Waals surface area contributed by atoms with E-state index in [0.29, 0.717) is 25.8 Å². The highest BCUT2D eigenvalue weighted by Gasteiger charge is 2.37. The maximum atomic E-state index is 14.4. The number of benzene rings is 3. The van der Waals surface area contributed by atoms with E-state index in [0.717, 1.165) is 27.6 Å². The van der Waals surface area contributed by atoms with E-state index in [-0.39, 0.29) is 24.1 Å². The Morgan fingerprint density at radius 1 is 0.930 bits per heavy atom. The van der Waals surface area contributed by atoms with Crippen LogP contribution in [0.4, 0.5) is 0 Å². The number of fused-ring (bicyclic) bond motifs is 1. The second kappa shape index (κ2) is 13.7. The zero-order valence-electron chi connectivity index (χ0n) is 25.6. The van der Waals surface area contributed by atoms with Gasteiger partial charge in [0.1, 0.15) is 12.1 Å². The summed E-state index contributed by atoms with van der Waals surface area (Å²) in [6.07, 6.45) is 5.00. The van der Waals surface area contributed by atoms with Gasteiger partial charge in [-0.05, 0) is 48.2 Å². The zero-order valence-corrected chi connectivity index (χ0v) is 25.6. The quantitative estimate of drug-likeness (QED) is 0.331. The van der Waals surface area contributed by atoms with Gasteiger partial charge in [0.15, 0.2) is 0 Å². The van der Waals surface area contributed by atoms with Gasteiger partial charge in [-0.2, -0.15) is 0 Å². The fourth-order valence-electron chi connectivity index (χ4n) is 5.22. The fraction of sp³-hybridized carbons (Fsp3) is 0.343. The molecule has 0 bridgehead atoms. The van der Waals surface area contributed by atoms with Crippen molar-refractivity contribution in [3.8, 4) is 0 Å². The molecule has 3 N–H and O–H groups in total. The van der Waals surface area contributed by atoms with Gasteiger partial charge in [0, 0.05) is 51.1 Å². The molecule has 43 heavy (non-hydrogen) atoms. The third-order valence-electron chi connectivity index (χ3n) is 7.82. The highest BCUT2D eigenvalue weighted by molar-refractivity contribution is 5.95. The van der Waals surface area contributed by atoms with Crippen LogP contribution in [-0.4, -0.2) is 70.8 Å². The average molecular weight is 582 g/mol. The van der Waals surface area contributed by atoms with E-state index in [4.69, 9.17) is 5.73 Å². The molecule has 2 atom stereocenters. The first-order valence-electron chi connectivity index (χ1n) is 14.7. The van der Waals surface area contributed by atoms with E-state index < -0.39 is 17.6 Å². The molecule has 1 aliphatic rings. The number of nitrogens with two attached hydrogens (primary N) is 1. The van der Waals surface area contributed by atoms with Crippen molar-refractivity contribution in [2.45, 2.75) is 57.2 Å². The monoisotopic (exact) mass is 581 g/mol. The van der Waals surface area contributed by atoms with Gasteiger partial charge >= 0.3 is 0 Å². The second-order valence-corrected chi connectivity index (χ2v) is 12.1. The van der Waals surface area contributed by atoms with Gasteiger partial charge in [0.25, 0.3) is 5.91 Å². The Labute approximate surface area is 254 Å². The van der Waals surface area contributed by atoms with Crippen LogP contribution in [0.2, 0.25) is 0 Å². The van der Waals surface area contributed by atoms with Gasteiger partial charge in [-0.25, -0.2) is 0 Å². The van der Waals surface area contributed by atoms with Crippen molar-refractivity contribution in [1.29, 1.82) is 0 Å². The van der Waals surface area contributed by atoms with Gasteiger partial charge in [-0.15, -0.1) is 0 Å². The van der Waals surface area contributed by atoms with Crippen LogP contribution in [0.1, 0.15) is 37.8 Å². The molecule has 1 fully saturated rings. The summed E-state index contributed by atoms with van der Waals surface area (Å²) >= 11 is 0. The SMILES string of the molecule is C=C1CCN(C(=O)[C@@H](Cc2ccccc2)N(C)C(=O)[C@@H](Cc2ccc3ccccc3c2)N(C)C(=O)/C=C/CC(C)(C)N)N1. The molecular formula is C35H43N5O3. The highest BCUT2D eigenvalue weighted by Crippen LogP contribution is 2.21. The summed E-state index contributed by atoms with van der Waals surface area (Å²) in [5.41, 5.74) is 11.3. The first-order valence-corrected chi connectivity index (χ1v) is 14.7. The molecule has 3 aromatic rings. The summed E-state index contributed by atoms with van der Waals surface area (Å²) in [5, 5.41) is 3.68. The molecule has 4 rings (SSSR count). The van der Waals surface area contributed by atoms with Gasteiger partial charge in [0.2, 0.25) is 11.8 Å². The first-order chi connectivity index (χ1) is 20.4. The number of amides is 3. The van der Waals surface area contributed by atoms with E-state index in [1.54, 1.807) is 20.2 Å². The molecule has 0 unspecified atom stereocenters. The van der Waals surface area contributed by atoms with Gasteiger partial charge in [-0.1, -0.05) is 85.5 Å². The number of hydrogen-bond acceptors (Lipinski definition) is 5. The smallest absolute Gasteiger partial charge is 0.264 e. The van der Waals surface area contributed by atoms with Gasteiger partial charge in [0.05, 0.1) is 0 Å². The predicted molar refractivity (Wildman–Crippen MR) is 172 cm³/mol. The van der Waals surface area contributed by atoms with Crippen LogP contribution >= 0.6 is 0 Å². The normalized spacial score (nSPS) is 14.9. The Morgan fingerprint density at radius 3 is 2.23 bits per heavy atom. The van der Waals surface area contributed by atoms with E-state index in [2.05, 4.69) is 12.0 Å². The molecule has 0 spiro atoms. The minimum absolute atomic E-state index is 0.220. The Morgan fingerprint density at radius 2 is 1.58 bits per heavy atom. The Bertz CT molecular complexity index is 1490. The number of rotatable bonds is 11. The topological polar surface area (TPSA) is 99.0 Å². The number of nitrogens with zero attached hydrogens (tertiary/aromatic N) is 3. The van der Waals surface area contributed by atoms with E-state index >= 15 is 0 Å². The van der Waals surface area contributed by atoms with Crippen LogP contribution in [0.15, 0.2) is 97.2 Å². The lowest BCUT2D eigenvalue weighted by molar-refractivity contribution is -0.149. The third-order valence-corrected chi connectivity index (χ3v) is 7.82. The van der Waals surface area contributed by atoms with Crippen LogP contribution in [0.25, 0.3) is 10.8 Å². The molecule has 0 aliphatic carbocycles. The fourth-order valence-corrected chi connectivity index (χ4v) is 5.22. The van der Waals surface area contributed by atoms with Gasteiger partial charge < -0.3 is 21.0 Å². The van der Waals surface area contributed by atoms with Crippen LogP contribution < -0.4 is 11.2 Å². The van der Waals surface area contributed by atoms with Crippen molar-refractivity contribution in [1.82, 2.24) is 20.2 Å². The second-order valence-electron chi connectivity index (χ2n) is 12.1. The van der Waals surface area contributed by atoms with Crippen molar-refractivity contribution >= 4 is 28.5 Å². The van der Waals surface area contributed by atoms with Gasteiger partial charge in [-0.3, -0.25) is 19.4 Å². The predicted octanol–water partition coefficient (Wildman–Crippen LogP) is 4.21. The maximum absolute atomic E-state index is 14.4. The molecule has 1 aliphatic heterocycles. The Balaban J connectivity index is 1.66. The molecule has 0 saturated carbocycles. The van der Waals surface area contributed by atoms with E-state index in [1.165, 1.54) is 20.9 Å². The molecule has 0 radical (unpaired) electrons. The minimum atomic E-state index is -0.846. The van der Waals surface area contributed by atoms with Crippen molar-refractivity contribution in [3.05, 3.63) is 108 Å². The van der Waals surface area contributed by atoms with Crippen molar-refractivity contribution in [2.24, 2.45) is 5.73 Å². The number of likely N-dealkylation sites (N-methyl/N-ethyl adjacent to an activating group) is 2. The Kier molecular flexibility index (Phi) is 10.0. The maximum Gasteiger partial charge on any atom is 0.264 e. The van der Waals surface area contributed by atoms with Crippen LogP contribution in [0.5, 0.6) is 0 Å². The number of carbonyl (C=O) groups is 3. The molecule has 226 valence electrons. The molecule has 8 nitrogen and oxygen atoms in total. The van der Waals surface area contributed by atoms with Crippen molar-refractivity contribution in [3.63, 3.8) is 0 Å². The summed E-state index contributed by atoms with van der Waals surface area (Å²) in [7, 11) is 3.29. The molecule has 3 aromatic carbocycles. The standard InChI is InChI=1S/C35H43N5O3/c1-25-19-21-40(37-25)34(43)31(23-26-12-7-6-8-13-26)39(5)33(42)30(38(4)32(41)16-11-20-35(2,3)36)24-27-17-18-28-14-9-10-15-29(28)22-27/h6-18,22,30-31,37H,1,19-21,23-24,36H2,2-5H3/b16-11+/t30-,31-/m1/s1. The number of hydrogen-bond donors (Lipinski definition) is 2. The number of carbonyl (C=O) groups excluding carboxylic acids is 3. The largest absolute Gasteiger partial charge is 0.332 e.